The highest BCUT2D eigenvalue weighted by atomic mass is 16.5. The number of carbonyl (C=O) groups excluding carboxylic acids is 1. The van der Waals surface area contributed by atoms with Gasteiger partial charge in [0.1, 0.15) is 11.8 Å². The molecule has 7 nitrogen and oxygen atoms in total. The molecule has 0 radical (unpaired) electrons. The lowest BCUT2D eigenvalue weighted by Gasteiger charge is -2.33. The Morgan fingerprint density at radius 3 is 3.00 bits per heavy atom. The lowest BCUT2D eigenvalue weighted by Crippen LogP contribution is -2.43. The molecule has 0 unspecified atom stereocenters. The molecule has 1 saturated heterocycles. The van der Waals surface area contributed by atoms with E-state index >= 15 is 0 Å². The van der Waals surface area contributed by atoms with Gasteiger partial charge in [-0.2, -0.15) is 0 Å². The van der Waals surface area contributed by atoms with Crippen molar-refractivity contribution >= 4 is 5.91 Å². The maximum atomic E-state index is 12.6. The second kappa shape index (κ2) is 6.95. The third-order valence-electron chi connectivity index (χ3n) is 3.85. The van der Waals surface area contributed by atoms with Crippen LogP contribution >= 0.6 is 0 Å². The molecule has 2 aromatic rings. The summed E-state index contributed by atoms with van der Waals surface area (Å²) in [5, 5.41) is 8.14. The van der Waals surface area contributed by atoms with Crippen LogP contribution in [0.15, 0.2) is 27.2 Å². The van der Waals surface area contributed by atoms with Gasteiger partial charge in [0.05, 0.1) is 19.5 Å². The summed E-state index contributed by atoms with van der Waals surface area (Å²) in [4.78, 5) is 14.3. The topological polar surface area (TPSA) is 81.6 Å². The predicted molar refractivity (Wildman–Crippen MR) is 80.7 cm³/mol. The Bertz CT molecular complexity index is 636. The number of aryl methyl sites for hydroxylation is 1. The molecule has 1 atom stereocenters. The van der Waals surface area contributed by atoms with Gasteiger partial charge in [-0.3, -0.25) is 4.79 Å². The van der Waals surface area contributed by atoms with Gasteiger partial charge in [0.25, 0.3) is 0 Å². The maximum Gasteiger partial charge on any atom is 0.241 e. The number of morpholine rings is 1. The third kappa shape index (κ3) is 3.61. The van der Waals surface area contributed by atoms with Crippen molar-refractivity contribution in [2.75, 3.05) is 19.8 Å². The SMILES string of the molecule is CC(C)c1nnc([C@@H]2COCCN2C(=O)CCc2ccco2)o1. The number of hydrogen-bond donors (Lipinski definition) is 0. The van der Waals surface area contributed by atoms with E-state index in [1.165, 1.54) is 0 Å². The molecule has 0 spiro atoms. The Morgan fingerprint density at radius 1 is 1.43 bits per heavy atom. The zero-order valence-electron chi connectivity index (χ0n) is 13.4. The molecule has 0 bridgehead atoms. The zero-order valence-corrected chi connectivity index (χ0v) is 13.4. The fraction of sp³-hybridized carbons (Fsp3) is 0.562. The number of rotatable bonds is 5. The van der Waals surface area contributed by atoms with Crippen LogP contribution in [0, 0.1) is 0 Å². The molecule has 1 aliphatic heterocycles. The lowest BCUT2D eigenvalue weighted by molar-refractivity contribution is -0.141. The number of carbonyl (C=O) groups is 1. The Labute approximate surface area is 134 Å². The Balaban J connectivity index is 1.68. The fourth-order valence-corrected chi connectivity index (χ4v) is 2.55. The highest BCUT2D eigenvalue weighted by Gasteiger charge is 2.32. The van der Waals surface area contributed by atoms with Crippen LogP contribution in [0.25, 0.3) is 0 Å². The van der Waals surface area contributed by atoms with Crippen molar-refractivity contribution in [3.63, 3.8) is 0 Å². The monoisotopic (exact) mass is 319 g/mol. The first kappa shape index (κ1) is 15.7. The van der Waals surface area contributed by atoms with E-state index in [2.05, 4.69) is 10.2 Å². The molecule has 1 amide bonds. The molecule has 0 saturated carbocycles. The molecule has 23 heavy (non-hydrogen) atoms. The first-order valence-electron chi connectivity index (χ1n) is 7.88. The summed E-state index contributed by atoms with van der Waals surface area (Å²) in [5.41, 5.74) is 0. The first-order valence-corrected chi connectivity index (χ1v) is 7.88. The highest BCUT2D eigenvalue weighted by Crippen LogP contribution is 2.26. The van der Waals surface area contributed by atoms with E-state index in [1.807, 2.05) is 26.0 Å². The molecule has 2 aromatic heterocycles. The summed E-state index contributed by atoms with van der Waals surface area (Å²) in [5.74, 6) is 2.03. The second-order valence-corrected chi connectivity index (χ2v) is 5.89. The van der Waals surface area contributed by atoms with Crippen molar-refractivity contribution in [1.82, 2.24) is 15.1 Å². The fourth-order valence-electron chi connectivity index (χ4n) is 2.55. The second-order valence-electron chi connectivity index (χ2n) is 5.89. The minimum atomic E-state index is -0.312. The van der Waals surface area contributed by atoms with E-state index in [1.54, 1.807) is 11.2 Å². The summed E-state index contributed by atoms with van der Waals surface area (Å²) in [6, 6.07) is 3.38. The number of aromatic nitrogens is 2. The van der Waals surface area contributed by atoms with E-state index in [0.29, 0.717) is 44.4 Å². The van der Waals surface area contributed by atoms with Gasteiger partial charge in [0.2, 0.25) is 17.7 Å². The average molecular weight is 319 g/mol. The summed E-state index contributed by atoms with van der Waals surface area (Å²) in [6.07, 6.45) is 2.58. The van der Waals surface area contributed by atoms with Crippen LogP contribution in [0.4, 0.5) is 0 Å². The molecule has 0 aromatic carbocycles. The summed E-state index contributed by atoms with van der Waals surface area (Å²) in [6.45, 7) is 5.41. The molecule has 3 heterocycles. The standard InChI is InChI=1S/C16H21N3O4/c1-11(2)15-17-18-16(23-15)13-10-21-9-7-19(13)14(20)6-5-12-4-3-8-22-12/h3-4,8,11,13H,5-7,9-10H2,1-2H3/t13-/m0/s1. The number of nitrogens with zero attached hydrogens (tertiary/aromatic N) is 3. The van der Waals surface area contributed by atoms with Crippen LogP contribution in [0.1, 0.15) is 49.8 Å². The van der Waals surface area contributed by atoms with Crippen LogP contribution in [-0.4, -0.2) is 40.8 Å². The number of hydrogen-bond acceptors (Lipinski definition) is 6. The maximum absolute atomic E-state index is 12.6. The van der Waals surface area contributed by atoms with Gasteiger partial charge >= 0.3 is 0 Å². The largest absolute Gasteiger partial charge is 0.469 e. The molecular formula is C16H21N3O4. The van der Waals surface area contributed by atoms with Gasteiger partial charge in [-0.05, 0) is 12.1 Å². The third-order valence-corrected chi connectivity index (χ3v) is 3.85. The van der Waals surface area contributed by atoms with Gasteiger partial charge in [-0.15, -0.1) is 10.2 Å². The Morgan fingerprint density at radius 2 is 2.30 bits per heavy atom. The van der Waals surface area contributed by atoms with Crippen molar-refractivity contribution in [2.24, 2.45) is 0 Å². The summed E-state index contributed by atoms with van der Waals surface area (Å²) in [7, 11) is 0. The summed E-state index contributed by atoms with van der Waals surface area (Å²) < 4.78 is 16.5. The quantitative estimate of drug-likeness (QED) is 0.841. The molecule has 124 valence electrons. The van der Waals surface area contributed by atoms with Crippen molar-refractivity contribution < 1.29 is 18.4 Å². The van der Waals surface area contributed by atoms with Crippen LogP contribution in [0.2, 0.25) is 0 Å². The van der Waals surface area contributed by atoms with Crippen molar-refractivity contribution in [2.45, 2.75) is 38.6 Å². The van der Waals surface area contributed by atoms with E-state index in [-0.39, 0.29) is 17.9 Å². The molecular weight excluding hydrogens is 298 g/mol. The van der Waals surface area contributed by atoms with Crippen molar-refractivity contribution in [3.05, 3.63) is 35.9 Å². The smallest absolute Gasteiger partial charge is 0.241 e. The number of furan rings is 1. The first-order chi connectivity index (χ1) is 11.1. The Kier molecular flexibility index (Phi) is 4.76. The van der Waals surface area contributed by atoms with Gasteiger partial charge in [0, 0.05) is 25.3 Å². The van der Waals surface area contributed by atoms with Gasteiger partial charge in [-0.25, -0.2) is 0 Å². The van der Waals surface area contributed by atoms with Crippen molar-refractivity contribution in [3.8, 4) is 0 Å². The predicted octanol–water partition coefficient (Wildman–Crippen LogP) is 2.32. The van der Waals surface area contributed by atoms with E-state index < -0.39 is 0 Å². The Hall–Kier alpha value is -2.15. The highest BCUT2D eigenvalue weighted by molar-refractivity contribution is 5.77. The average Bonchev–Trinajstić information content (AvgIpc) is 3.24. The minimum absolute atomic E-state index is 0.0407. The molecule has 3 rings (SSSR count). The van der Waals surface area contributed by atoms with Crippen molar-refractivity contribution in [1.29, 1.82) is 0 Å². The van der Waals surface area contributed by atoms with Crippen LogP contribution < -0.4 is 0 Å². The molecule has 7 heteroatoms. The minimum Gasteiger partial charge on any atom is -0.469 e. The lowest BCUT2D eigenvalue weighted by atomic mass is 10.1. The van der Waals surface area contributed by atoms with Crippen LogP contribution in [-0.2, 0) is 16.0 Å². The molecule has 1 fully saturated rings. The molecule has 1 aliphatic rings. The van der Waals surface area contributed by atoms with Crippen LogP contribution in [0.3, 0.4) is 0 Å². The van der Waals surface area contributed by atoms with Gasteiger partial charge in [0.15, 0.2) is 0 Å². The van der Waals surface area contributed by atoms with E-state index in [9.17, 15) is 4.79 Å². The number of amides is 1. The van der Waals surface area contributed by atoms with Crippen LogP contribution in [0.5, 0.6) is 0 Å². The number of ether oxygens (including phenoxy) is 1. The van der Waals surface area contributed by atoms with Gasteiger partial charge in [-0.1, -0.05) is 13.8 Å². The van der Waals surface area contributed by atoms with E-state index in [0.717, 1.165) is 5.76 Å². The summed E-state index contributed by atoms with van der Waals surface area (Å²) >= 11 is 0. The molecule has 0 N–H and O–H groups in total. The molecule has 0 aliphatic carbocycles. The van der Waals surface area contributed by atoms with E-state index in [4.69, 9.17) is 13.6 Å². The normalized spacial score (nSPS) is 18.6. The zero-order chi connectivity index (χ0) is 16.2. The van der Waals surface area contributed by atoms with Gasteiger partial charge < -0.3 is 18.5 Å².